The fourth-order valence-electron chi connectivity index (χ4n) is 3.86. The molecule has 0 aromatic heterocycles. The first-order valence-electron chi connectivity index (χ1n) is 10.0. The lowest BCUT2D eigenvalue weighted by molar-refractivity contribution is -0.131. The number of hydrogen-bond donors (Lipinski definition) is 0. The number of hydrogen-bond acceptors (Lipinski definition) is 3. The summed E-state index contributed by atoms with van der Waals surface area (Å²) in [6, 6.07) is 20.1. The zero-order chi connectivity index (χ0) is 21.8. The molecular formula is C25H20F2N2O2. The highest BCUT2D eigenvalue weighted by Gasteiger charge is 2.37. The van der Waals surface area contributed by atoms with Crippen LogP contribution in [0.25, 0.3) is 0 Å². The van der Waals surface area contributed by atoms with E-state index in [2.05, 4.69) is 6.07 Å². The highest BCUT2D eigenvalue weighted by molar-refractivity contribution is 5.78. The minimum Gasteiger partial charge on any atom is -0.483 e. The van der Waals surface area contributed by atoms with Crippen LogP contribution in [0.15, 0.2) is 72.8 Å². The van der Waals surface area contributed by atoms with E-state index in [0.29, 0.717) is 29.8 Å². The average molecular weight is 418 g/mol. The second-order valence-corrected chi connectivity index (χ2v) is 7.41. The Hall–Kier alpha value is -3.72. The maximum atomic E-state index is 13.6. The Bertz CT molecular complexity index is 1090. The summed E-state index contributed by atoms with van der Waals surface area (Å²) in [4.78, 5) is 14.4. The molecule has 31 heavy (non-hydrogen) atoms. The van der Waals surface area contributed by atoms with E-state index in [1.54, 1.807) is 53.4 Å². The number of benzene rings is 3. The first kappa shape index (κ1) is 20.5. The zero-order valence-electron chi connectivity index (χ0n) is 16.7. The Labute approximate surface area is 179 Å². The van der Waals surface area contributed by atoms with E-state index in [1.165, 1.54) is 24.3 Å². The van der Waals surface area contributed by atoms with Gasteiger partial charge < -0.3 is 9.64 Å². The van der Waals surface area contributed by atoms with Crippen LogP contribution in [0, 0.1) is 23.0 Å². The summed E-state index contributed by atoms with van der Waals surface area (Å²) in [5, 5.41) is 9.05. The van der Waals surface area contributed by atoms with Gasteiger partial charge in [-0.1, -0.05) is 24.3 Å². The molecule has 3 aromatic carbocycles. The summed E-state index contributed by atoms with van der Waals surface area (Å²) in [6.07, 6.45) is 0.495. The number of likely N-dealkylation sites (tertiary alicyclic amines) is 1. The molecular weight excluding hydrogens is 398 g/mol. The third-order valence-corrected chi connectivity index (χ3v) is 5.39. The van der Waals surface area contributed by atoms with Crippen LogP contribution < -0.4 is 4.74 Å². The van der Waals surface area contributed by atoms with Gasteiger partial charge in [0, 0.05) is 13.0 Å². The van der Waals surface area contributed by atoms with Gasteiger partial charge in [0.2, 0.25) is 5.91 Å². The molecule has 0 aliphatic carbocycles. The highest BCUT2D eigenvalue weighted by atomic mass is 19.1. The molecule has 0 radical (unpaired) electrons. The lowest BCUT2D eigenvalue weighted by Gasteiger charge is -2.35. The van der Waals surface area contributed by atoms with Crippen LogP contribution in [0.3, 0.4) is 0 Å². The summed E-state index contributed by atoms with van der Waals surface area (Å²) in [7, 11) is 0. The van der Waals surface area contributed by atoms with E-state index in [9.17, 15) is 13.6 Å². The Morgan fingerprint density at radius 1 is 0.871 bits per heavy atom. The van der Waals surface area contributed by atoms with Crippen LogP contribution in [0.2, 0.25) is 0 Å². The lowest BCUT2D eigenvalue weighted by atomic mass is 9.94. The highest BCUT2D eigenvalue weighted by Crippen LogP contribution is 2.40. The van der Waals surface area contributed by atoms with Crippen molar-refractivity contribution in [2.75, 3.05) is 6.54 Å². The molecule has 0 spiro atoms. The third kappa shape index (κ3) is 4.56. The maximum Gasteiger partial charge on any atom is 0.223 e. The van der Waals surface area contributed by atoms with Crippen molar-refractivity contribution in [3.8, 4) is 11.8 Å². The molecule has 0 N–H and O–H groups in total. The topological polar surface area (TPSA) is 53.3 Å². The van der Waals surface area contributed by atoms with Crippen molar-refractivity contribution >= 4 is 5.91 Å². The summed E-state index contributed by atoms with van der Waals surface area (Å²) in [5.74, 6) is -0.255. The van der Waals surface area contributed by atoms with E-state index < -0.39 is 12.1 Å². The zero-order valence-corrected chi connectivity index (χ0v) is 16.7. The normalized spacial score (nSPS) is 15.4. The first-order valence-corrected chi connectivity index (χ1v) is 10.0. The number of amides is 1. The number of nitrogens with zero attached hydrogens (tertiary/aromatic N) is 2. The van der Waals surface area contributed by atoms with Gasteiger partial charge in [0.1, 0.15) is 23.5 Å². The molecule has 4 nitrogen and oxygen atoms in total. The van der Waals surface area contributed by atoms with Gasteiger partial charge in [0.25, 0.3) is 0 Å². The van der Waals surface area contributed by atoms with E-state index in [0.717, 1.165) is 12.0 Å². The molecule has 156 valence electrons. The number of carbonyl (C=O) groups is 1. The molecule has 6 heteroatoms. The van der Waals surface area contributed by atoms with Crippen LogP contribution in [0.4, 0.5) is 8.78 Å². The van der Waals surface area contributed by atoms with E-state index >= 15 is 0 Å². The predicted octanol–water partition coefficient (Wildman–Crippen LogP) is 5.32. The van der Waals surface area contributed by atoms with Crippen LogP contribution in [0.1, 0.15) is 41.7 Å². The molecule has 1 aliphatic rings. The summed E-state index contributed by atoms with van der Waals surface area (Å²) >= 11 is 0. The predicted molar refractivity (Wildman–Crippen MR) is 111 cm³/mol. The van der Waals surface area contributed by atoms with Gasteiger partial charge in [-0.05, 0) is 66.1 Å². The molecule has 1 fully saturated rings. The van der Waals surface area contributed by atoms with Gasteiger partial charge in [-0.25, -0.2) is 8.78 Å². The number of nitriles is 1. The molecule has 0 saturated carbocycles. The summed E-state index contributed by atoms with van der Waals surface area (Å²) in [6.45, 7) is 0.551. The third-order valence-electron chi connectivity index (χ3n) is 5.39. The van der Waals surface area contributed by atoms with Crippen LogP contribution in [0.5, 0.6) is 5.75 Å². The SMILES string of the molecule is N#Cc1ccc(O[C@@H](c2ccc(F)cc2)[C@@H](c2ccc(F)cc2)N2CCCC2=O)cc1. The Kier molecular flexibility index (Phi) is 5.94. The average Bonchev–Trinajstić information content (AvgIpc) is 3.21. The maximum absolute atomic E-state index is 13.6. The van der Waals surface area contributed by atoms with Crippen molar-refractivity contribution in [1.82, 2.24) is 4.90 Å². The Balaban J connectivity index is 1.80. The number of ether oxygens (including phenoxy) is 1. The van der Waals surface area contributed by atoms with Gasteiger partial charge in [-0.15, -0.1) is 0 Å². The van der Waals surface area contributed by atoms with Crippen LogP contribution in [-0.4, -0.2) is 17.4 Å². The Morgan fingerprint density at radius 2 is 1.45 bits per heavy atom. The minimum atomic E-state index is -0.666. The van der Waals surface area contributed by atoms with Crippen molar-refractivity contribution in [2.24, 2.45) is 0 Å². The molecule has 1 aliphatic heterocycles. The molecule has 1 saturated heterocycles. The standard InChI is InChI=1S/C25H20F2N2O2/c26-20-9-5-18(6-10-20)24(29-15-1-2-23(29)30)25(19-7-11-21(27)12-8-19)31-22-13-3-17(16-28)4-14-22/h3-14,24-25H,1-2,15H2/t24-,25+/m1/s1. The van der Waals surface area contributed by atoms with Crippen molar-refractivity contribution in [3.63, 3.8) is 0 Å². The molecule has 0 unspecified atom stereocenters. The van der Waals surface area contributed by atoms with E-state index in [4.69, 9.17) is 10.00 Å². The van der Waals surface area contributed by atoms with Crippen molar-refractivity contribution < 1.29 is 18.3 Å². The summed E-state index contributed by atoms with van der Waals surface area (Å²) in [5.41, 5.74) is 1.90. The number of halogens is 2. The van der Waals surface area contributed by atoms with Gasteiger partial charge >= 0.3 is 0 Å². The number of carbonyl (C=O) groups excluding carboxylic acids is 1. The van der Waals surface area contributed by atoms with Crippen molar-refractivity contribution in [2.45, 2.75) is 25.0 Å². The number of rotatable bonds is 6. The monoisotopic (exact) mass is 418 g/mol. The minimum absolute atomic E-state index is 0.00938. The largest absolute Gasteiger partial charge is 0.483 e. The molecule has 1 amide bonds. The quantitative estimate of drug-likeness (QED) is 0.544. The molecule has 1 heterocycles. The van der Waals surface area contributed by atoms with E-state index in [-0.39, 0.29) is 17.5 Å². The second-order valence-electron chi connectivity index (χ2n) is 7.41. The Morgan fingerprint density at radius 3 is 1.97 bits per heavy atom. The lowest BCUT2D eigenvalue weighted by Crippen LogP contribution is -2.36. The van der Waals surface area contributed by atoms with Crippen LogP contribution >= 0.6 is 0 Å². The fraction of sp³-hybridized carbons (Fsp3) is 0.200. The van der Waals surface area contributed by atoms with Crippen molar-refractivity contribution in [1.29, 1.82) is 5.26 Å². The van der Waals surface area contributed by atoms with Gasteiger partial charge in [-0.3, -0.25) is 4.79 Å². The summed E-state index contributed by atoms with van der Waals surface area (Å²) < 4.78 is 33.6. The smallest absolute Gasteiger partial charge is 0.223 e. The second kappa shape index (κ2) is 8.97. The van der Waals surface area contributed by atoms with Crippen molar-refractivity contribution in [3.05, 3.63) is 101 Å². The fourth-order valence-corrected chi connectivity index (χ4v) is 3.86. The van der Waals surface area contributed by atoms with Crippen LogP contribution in [-0.2, 0) is 4.79 Å². The molecule has 2 atom stereocenters. The van der Waals surface area contributed by atoms with E-state index in [1.807, 2.05) is 0 Å². The first-order chi connectivity index (χ1) is 15.0. The molecule has 4 rings (SSSR count). The van der Waals surface area contributed by atoms with Gasteiger partial charge in [0.05, 0.1) is 17.7 Å². The molecule has 0 bridgehead atoms. The van der Waals surface area contributed by atoms with Gasteiger partial charge in [-0.2, -0.15) is 5.26 Å². The van der Waals surface area contributed by atoms with Gasteiger partial charge in [0.15, 0.2) is 0 Å². The molecule has 3 aromatic rings.